The van der Waals surface area contributed by atoms with Crippen molar-refractivity contribution in [1.29, 1.82) is 0 Å². The van der Waals surface area contributed by atoms with Crippen LogP contribution in [0.2, 0.25) is 18.1 Å². The summed E-state index contributed by atoms with van der Waals surface area (Å²) in [6.07, 6.45) is 4.04. The summed E-state index contributed by atoms with van der Waals surface area (Å²) in [6.45, 7) is 16.7. The maximum atomic E-state index is 12.3. The highest BCUT2D eigenvalue weighted by atomic mass is 32.2. The Balaban J connectivity index is 2.59. The second-order valence-corrected chi connectivity index (χ2v) is 14.5. The van der Waals surface area contributed by atoms with E-state index in [1.165, 1.54) is 0 Å². The Morgan fingerprint density at radius 1 is 1.21 bits per heavy atom. The van der Waals surface area contributed by atoms with Gasteiger partial charge >= 0.3 is 0 Å². The fourth-order valence-corrected chi connectivity index (χ4v) is 4.08. The molecule has 0 fully saturated rings. The molecule has 0 aliphatic rings. The van der Waals surface area contributed by atoms with Crippen LogP contribution in [0.4, 0.5) is 0 Å². The summed E-state index contributed by atoms with van der Waals surface area (Å²) in [6, 6.07) is 6.96. The van der Waals surface area contributed by atoms with E-state index < -0.39 is 18.2 Å². The van der Waals surface area contributed by atoms with Gasteiger partial charge in [-0.25, -0.2) is 8.42 Å². The molecule has 0 radical (unpaired) electrons. The minimum Gasteiger partial charge on any atom is -0.544 e. The predicted molar refractivity (Wildman–Crippen MR) is 104 cm³/mol. The number of benzene rings is 1. The number of rotatable bonds is 7. The van der Waals surface area contributed by atoms with Crippen molar-refractivity contribution < 1.29 is 12.8 Å². The maximum Gasteiger partial charge on any atom is 0.250 e. The quantitative estimate of drug-likeness (QED) is 0.376. The molecule has 0 aliphatic carbocycles. The summed E-state index contributed by atoms with van der Waals surface area (Å²) >= 11 is 0. The van der Waals surface area contributed by atoms with Crippen LogP contribution in [-0.2, 0) is 14.3 Å². The molecular weight excluding hydrogens is 336 g/mol. The first-order valence-electron chi connectivity index (χ1n) is 8.19. The normalized spacial score (nSPS) is 13.2. The van der Waals surface area contributed by atoms with Gasteiger partial charge in [0.2, 0.25) is 8.32 Å². The van der Waals surface area contributed by atoms with E-state index in [9.17, 15) is 8.42 Å². The Labute approximate surface area is 148 Å². The van der Waals surface area contributed by atoms with E-state index in [0.717, 1.165) is 5.56 Å². The summed E-state index contributed by atoms with van der Waals surface area (Å²) < 4.78 is 30.6. The minimum absolute atomic E-state index is 0.0833. The molecule has 0 spiro atoms. The van der Waals surface area contributed by atoms with E-state index in [-0.39, 0.29) is 10.8 Å². The van der Waals surface area contributed by atoms with Crippen molar-refractivity contribution in [2.45, 2.75) is 57.1 Å². The zero-order valence-electron chi connectivity index (χ0n) is 15.7. The first-order valence-corrected chi connectivity index (χ1v) is 12.8. The lowest BCUT2D eigenvalue weighted by Crippen LogP contribution is -2.40. The fraction of sp³-hybridized carbons (Fsp3) is 0.474. The SMILES string of the molecule is C=C(/C=C/CCS(=O)(=O)c1ccc(C)cc1)O[Si](C)(C)C(C)(C)C. The van der Waals surface area contributed by atoms with Crippen molar-refractivity contribution in [3.8, 4) is 0 Å². The van der Waals surface area contributed by atoms with Gasteiger partial charge in [-0.3, -0.25) is 0 Å². The third-order valence-corrected chi connectivity index (χ3v) is 10.6. The number of aryl methyl sites for hydroxylation is 1. The lowest BCUT2D eigenvalue weighted by molar-refractivity contribution is 0.402. The number of sulfone groups is 1. The van der Waals surface area contributed by atoms with Gasteiger partial charge < -0.3 is 4.43 Å². The molecule has 134 valence electrons. The fourth-order valence-electron chi connectivity index (χ4n) is 1.82. The van der Waals surface area contributed by atoms with Gasteiger partial charge in [-0.1, -0.05) is 51.1 Å². The van der Waals surface area contributed by atoms with E-state index in [4.69, 9.17) is 4.43 Å². The van der Waals surface area contributed by atoms with E-state index >= 15 is 0 Å². The number of allylic oxidation sites excluding steroid dienone is 2. The zero-order valence-corrected chi connectivity index (χ0v) is 17.5. The molecule has 0 amide bonds. The molecule has 0 bridgehead atoms. The summed E-state index contributed by atoms with van der Waals surface area (Å²) in [7, 11) is -5.14. The van der Waals surface area contributed by atoms with E-state index in [0.29, 0.717) is 17.1 Å². The van der Waals surface area contributed by atoms with Crippen molar-refractivity contribution in [1.82, 2.24) is 0 Å². The van der Waals surface area contributed by atoms with Crippen LogP contribution in [0.25, 0.3) is 0 Å². The van der Waals surface area contributed by atoms with Gasteiger partial charge in [0.15, 0.2) is 9.84 Å². The molecule has 1 aromatic carbocycles. The Morgan fingerprint density at radius 3 is 2.25 bits per heavy atom. The number of hydrogen-bond donors (Lipinski definition) is 0. The van der Waals surface area contributed by atoms with E-state index in [2.05, 4.69) is 40.4 Å². The van der Waals surface area contributed by atoms with E-state index in [1.54, 1.807) is 18.2 Å². The van der Waals surface area contributed by atoms with Crippen LogP contribution in [0.5, 0.6) is 0 Å². The van der Waals surface area contributed by atoms with Gasteiger partial charge in [0.05, 0.1) is 16.4 Å². The third-order valence-electron chi connectivity index (χ3n) is 4.43. The van der Waals surface area contributed by atoms with Crippen molar-refractivity contribution in [3.63, 3.8) is 0 Å². The van der Waals surface area contributed by atoms with Crippen LogP contribution in [0, 0.1) is 6.92 Å². The molecule has 1 aromatic rings. The molecule has 0 N–H and O–H groups in total. The summed E-state index contributed by atoms with van der Waals surface area (Å²) in [4.78, 5) is 0.373. The lowest BCUT2D eigenvalue weighted by Gasteiger charge is -2.36. The molecule has 0 aliphatic heterocycles. The summed E-state index contributed by atoms with van der Waals surface area (Å²) in [5.41, 5.74) is 1.05. The summed E-state index contributed by atoms with van der Waals surface area (Å²) in [5.74, 6) is 0.689. The molecule has 0 saturated carbocycles. The predicted octanol–water partition coefficient (Wildman–Crippen LogP) is 5.25. The summed E-state index contributed by atoms with van der Waals surface area (Å²) in [5, 5.41) is 0.110. The minimum atomic E-state index is -3.25. The molecule has 0 aromatic heterocycles. The average Bonchev–Trinajstić information content (AvgIpc) is 2.42. The molecule has 0 unspecified atom stereocenters. The Morgan fingerprint density at radius 2 is 1.75 bits per heavy atom. The molecule has 0 saturated heterocycles. The third kappa shape index (κ3) is 5.95. The van der Waals surface area contributed by atoms with E-state index in [1.807, 2.05) is 25.1 Å². The van der Waals surface area contributed by atoms with Gasteiger partial charge in [-0.15, -0.1) is 0 Å². The topological polar surface area (TPSA) is 43.4 Å². The first-order chi connectivity index (χ1) is 10.8. The molecule has 1 rings (SSSR count). The van der Waals surface area contributed by atoms with Gasteiger partial charge in [0, 0.05) is 0 Å². The smallest absolute Gasteiger partial charge is 0.250 e. The average molecular weight is 367 g/mol. The monoisotopic (exact) mass is 366 g/mol. The Hall–Kier alpha value is -1.33. The Kier molecular flexibility index (Phi) is 6.65. The standard InChI is InChI=1S/C19H30O3SSi/c1-16-11-13-18(14-12-16)23(20,21)15-9-8-10-17(2)22-24(6,7)19(3,4)5/h8,10-14H,2,9,15H2,1,3-7H3/b10-8+. The van der Waals surface area contributed by atoms with Crippen LogP contribution in [-0.4, -0.2) is 22.5 Å². The molecule has 3 nitrogen and oxygen atoms in total. The van der Waals surface area contributed by atoms with Gasteiger partial charge in [0.25, 0.3) is 0 Å². The first kappa shape index (κ1) is 20.7. The van der Waals surface area contributed by atoms with Gasteiger partial charge in [-0.05, 0) is 49.7 Å². The van der Waals surface area contributed by atoms with Crippen molar-refractivity contribution in [3.05, 3.63) is 54.3 Å². The number of hydrogen-bond acceptors (Lipinski definition) is 3. The molecule has 0 heterocycles. The molecular formula is C19H30O3SSi. The second-order valence-electron chi connectivity index (χ2n) is 7.65. The van der Waals surface area contributed by atoms with Crippen molar-refractivity contribution in [2.24, 2.45) is 0 Å². The highest BCUT2D eigenvalue weighted by Crippen LogP contribution is 2.37. The van der Waals surface area contributed by atoms with Crippen LogP contribution in [0.3, 0.4) is 0 Å². The van der Waals surface area contributed by atoms with Crippen molar-refractivity contribution in [2.75, 3.05) is 5.75 Å². The molecule has 0 atom stereocenters. The second kappa shape index (κ2) is 7.70. The highest BCUT2D eigenvalue weighted by Gasteiger charge is 2.38. The maximum absolute atomic E-state index is 12.3. The van der Waals surface area contributed by atoms with Crippen LogP contribution >= 0.6 is 0 Å². The molecule has 5 heteroatoms. The van der Waals surface area contributed by atoms with Crippen LogP contribution in [0.15, 0.2) is 53.7 Å². The van der Waals surface area contributed by atoms with Gasteiger partial charge in [-0.2, -0.15) is 0 Å². The van der Waals surface area contributed by atoms with Crippen molar-refractivity contribution >= 4 is 18.2 Å². The molecule has 24 heavy (non-hydrogen) atoms. The largest absolute Gasteiger partial charge is 0.544 e. The highest BCUT2D eigenvalue weighted by molar-refractivity contribution is 7.91. The lowest BCUT2D eigenvalue weighted by atomic mass is 10.2. The van der Waals surface area contributed by atoms with Crippen LogP contribution < -0.4 is 0 Å². The van der Waals surface area contributed by atoms with Crippen LogP contribution in [0.1, 0.15) is 32.8 Å². The van der Waals surface area contributed by atoms with Gasteiger partial charge in [0.1, 0.15) is 0 Å². The Bertz CT molecular complexity index is 693. The zero-order chi connectivity index (χ0) is 18.6.